The maximum atomic E-state index is 13.1. The van der Waals surface area contributed by atoms with E-state index >= 15 is 0 Å². The highest BCUT2D eigenvalue weighted by atomic mass is 35.5. The quantitative estimate of drug-likeness (QED) is 0.0321. The lowest BCUT2D eigenvalue weighted by Gasteiger charge is -2.21. The standard InChI is InChI=1S/C29H29ClN6O2S.C29H36N6O2S.C29H38N6O2S.C26H32N6O2S/c30-25-8-1-2-10-27(25)39(37,38)35-21-24(20-31-35)26-9-5-11-29-32-28(33-36(26)29)19-23-14-12-22(13-15-23)7-6-18-34-16-3-4-17-34;36-38(37,26-9-2-1-3-10-26)34-22-25(21-30-34)27-11-6-12-29-31-28(32-35(27)29)20-24-15-13-23(14-16-24)8-7-19-33-17-4-5-18-33;1-2-3-4-7-20-38(36,37)34-23-26(22-30-34)27-11-8-12-29-31-28(32-35(27)29)21-25-15-13-24(14-16-25)10-9-19-33-17-5-6-18-33;1-2-17-35(33,34)31-20-23(19-27-31)24-8-5-9-26-28-25(29-32(24)26)18-22-12-10-21(11-13-22)7-6-16-30-14-3-4-15-30/h1-2,5,8-15,20-21H,3-4,6-7,16-19H2;6,11-16,21-22,26H,1-5,7-10,17-20H2;8,11-16,22-23H,2-7,9-10,17-21H2,1H3;5,8-13,19-20H,2-4,6-7,14-18H2,1H3. The van der Waals surface area contributed by atoms with E-state index in [9.17, 15) is 33.7 Å². The molecule has 37 heteroatoms. The predicted molar refractivity (Wildman–Crippen MR) is 588 cm³/mol. The Morgan fingerprint density at radius 1 is 0.293 bits per heavy atom. The first-order valence-corrected chi connectivity index (χ1v) is 60.1. The third-order valence-electron chi connectivity index (χ3n) is 29.0. The van der Waals surface area contributed by atoms with Gasteiger partial charge in [0.1, 0.15) is 4.90 Å². The number of hydrogen-bond donors (Lipinski definition) is 0. The first-order valence-electron chi connectivity index (χ1n) is 53.6. The first-order chi connectivity index (χ1) is 73.1. The summed E-state index contributed by atoms with van der Waals surface area (Å²) >= 11 is 6.14. The van der Waals surface area contributed by atoms with Gasteiger partial charge in [0.15, 0.2) is 45.9 Å². The molecule has 4 aliphatic heterocycles. The van der Waals surface area contributed by atoms with Crippen LogP contribution in [0.4, 0.5) is 0 Å². The van der Waals surface area contributed by atoms with Gasteiger partial charge in [-0.25, -0.2) is 63.3 Å². The maximum Gasteiger partial charge on any atom is 0.284 e. The van der Waals surface area contributed by atoms with Crippen LogP contribution in [0.2, 0.25) is 5.02 Å². The van der Waals surface area contributed by atoms with Gasteiger partial charge in [-0.3, -0.25) is 0 Å². The van der Waals surface area contributed by atoms with Crippen LogP contribution in [-0.2, 0) is 91.5 Å². The van der Waals surface area contributed by atoms with Crippen LogP contribution < -0.4 is 0 Å². The highest BCUT2D eigenvalue weighted by Crippen LogP contribution is 2.33. The SMILES string of the molecule is CCCCCCS(=O)(=O)n1cc(-c2cccc3nc(Cc4ccc(CCCN5CCCC5)cc4)nn23)cn1.CCCS(=O)(=O)n1cc(-c2cccc3nc(Cc4ccc(CCCN5CCCC5)cc4)nn23)cn1.O=S(=O)(C1CCCCC1)n1cc(-c2cccc3nc(Cc4ccc(CCCN5CCCC5)cc4)nn23)cn1.O=S(=O)(c1ccccc1Cl)n1cc(-c2cccc3nc(Cc4ccc(CCCN5CCCC5)cc4)nn23)cn1. The number of halogens is 1. The van der Waals surface area contributed by atoms with Crippen LogP contribution in [0.25, 0.3) is 67.6 Å². The monoisotopic (exact) mass is 2120 g/mol. The zero-order valence-electron chi connectivity index (χ0n) is 85.8. The summed E-state index contributed by atoms with van der Waals surface area (Å²) in [6, 6.07) is 64.2. The van der Waals surface area contributed by atoms with Crippen molar-refractivity contribution < 1.29 is 33.7 Å². The van der Waals surface area contributed by atoms with E-state index in [0.717, 1.165) is 138 Å². The average molecular weight is 2120 g/mol. The number of nitrogens with zero attached hydrogens (tertiary/aromatic N) is 24. The van der Waals surface area contributed by atoms with Gasteiger partial charge in [0, 0.05) is 47.9 Å². The van der Waals surface area contributed by atoms with Crippen molar-refractivity contribution in [3.05, 3.63) is 317 Å². The minimum absolute atomic E-state index is 0.000164. The zero-order chi connectivity index (χ0) is 103. The van der Waals surface area contributed by atoms with E-state index in [-0.39, 0.29) is 26.7 Å². The number of aryl methyl sites for hydroxylation is 4. The molecule has 1 saturated carbocycles. The van der Waals surface area contributed by atoms with E-state index in [1.807, 2.05) is 79.7 Å². The summed E-state index contributed by atoms with van der Waals surface area (Å²) in [5, 5.41) is 35.4. The number of unbranched alkanes of at least 4 members (excludes halogenated alkanes) is 3. The minimum Gasteiger partial charge on any atom is -0.303 e. The Bertz CT molecular complexity index is 7850. The second-order valence-electron chi connectivity index (χ2n) is 40.3. The Hall–Kier alpha value is -12.7. The third kappa shape index (κ3) is 26.9. The van der Waals surface area contributed by atoms with E-state index < -0.39 is 40.1 Å². The van der Waals surface area contributed by atoms with Crippen LogP contribution >= 0.6 is 11.6 Å². The summed E-state index contributed by atoms with van der Waals surface area (Å²) < 4.78 is 114. The van der Waals surface area contributed by atoms with Gasteiger partial charge < -0.3 is 19.6 Å². The fourth-order valence-electron chi connectivity index (χ4n) is 20.8. The Balaban J connectivity index is 0.000000126. The van der Waals surface area contributed by atoms with E-state index in [4.69, 9.17) is 51.9 Å². The molecule has 16 heterocycles. The maximum absolute atomic E-state index is 13.1. The van der Waals surface area contributed by atoms with Gasteiger partial charge >= 0.3 is 0 Å². The molecule has 22 rings (SSSR count). The van der Waals surface area contributed by atoms with E-state index in [1.165, 1.54) is 213 Å². The molecular formula is C113H135ClN24O8S4. The van der Waals surface area contributed by atoms with Crippen molar-refractivity contribution in [3.63, 3.8) is 0 Å². The smallest absolute Gasteiger partial charge is 0.284 e. The minimum atomic E-state index is -3.93. The Morgan fingerprint density at radius 2 is 0.593 bits per heavy atom. The fraction of sp³-hybridized carbons (Fsp3) is 0.416. The van der Waals surface area contributed by atoms with Crippen LogP contribution in [0.5, 0.6) is 0 Å². The highest BCUT2D eigenvalue weighted by Gasteiger charge is 2.32. The second-order valence-corrected chi connectivity index (χ2v) is 48.4. The van der Waals surface area contributed by atoms with Crippen molar-refractivity contribution in [2.24, 2.45) is 0 Å². The number of aromatic nitrogens is 20. The van der Waals surface area contributed by atoms with Crippen LogP contribution in [-0.4, -0.2) is 244 Å². The summed E-state index contributed by atoms with van der Waals surface area (Å²) in [7, 11) is -14.3. The summed E-state index contributed by atoms with van der Waals surface area (Å²) in [6.45, 7) is 18.7. The van der Waals surface area contributed by atoms with Crippen LogP contribution in [0.3, 0.4) is 0 Å². The molecule has 5 aliphatic rings. The molecule has 1 aliphatic carbocycles. The van der Waals surface area contributed by atoms with Crippen molar-refractivity contribution in [2.75, 3.05) is 90.0 Å². The topological polar surface area (TPSA) is 342 Å². The van der Waals surface area contributed by atoms with E-state index in [2.05, 4.69) is 144 Å². The van der Waals surface area contributed by atoms with Gasteiger partial charge in [0.05, 0.1) is 94.1 Å². The lowest BCUT2D eigenvalue weighted by Crippen LogP contribution is -2.29. The largest absolute Gasteiger partial charge is 0.303 e. The fourth-order valence-corrected chi connectivity index (χ4v) is 26.5. The Morgan fingerprint density at radius 3 is 0.920 bits per heavy atom. The van der Waals surface area contributed by atoms with E-state index in [0.29, 0.717) is 90.8 Å². The molecule has 150 heavy (non-hydrogen) atoms. The number of likely N-dealkylation sites (tertiary alicyclic amines) is 4. The second kappa shape index (κ2) is 49.6. The molecule has 0 N–H and O–H groups in total. The Kier molecular flexibility index (Phi) is 35.0. The summed E-state index contributed by atoms with van der Waals surface area (Å²) in [4.78, 5) is 29.1. The van der Waals surface area contributed by atoms with Crippen LogP contribution in [0, 0.1) is 0 Å². The lowest BCUT2D eigenvalue weighted by atomic mass is 10.0. The van der Waals surface area contributed by atoms with Crippen molar-refractivity contribution in [2.45, 2.75) is 217 Å². The number of benzene rings is 5. The van der Waals surface area contributed by atoms with Crippen LogP contribution in [0.1, 0.15) is 223 Å². The molecule has 5 fully saturated rings. The summed E-state index contributed by atoms with van der Waals surface area (Å²) in [6.07, 6.45) is 43.6. The van der Waals surface area contributed by atoms with Crippen molar-refractivity contribution in [1.29, 1.82) is 0 Å². The van der Waals surface area contributed by atoms with Crippen molar-refractivity contribution in [1.82, 2.24) is 115 Å². The van der Waals surface area contributed by atoms with Gasteiger partial charge in [0.25, 0.3) is 40.1 Å². The molecule has 0 bridgehead atoms. The van der Waals surface area contributed by atoms with Crippen molar-refractivity contribution in [3.8, 4) is 45.0 Å². The van der Waals surface area contributed by atoms with Gasteiger partial charge in [0.2, 0.25) is 0 Å². The highest BCUT2D eigenvalue weighted by molar-refractivity contribution is 7.90. The van der Waals surface area contributed by atoms with Crippen molar-refractivity contribution >= 4 is 74.3 Å². The number of pyridine rings is 4. The molecule has 0 atom stereocenters. The average Bonchev–Trinajstić information content (AvgIpc) is 1.64. The molecule has 0 radical (unpaired) electrons. The molecule has 0 spiro atoms. The summed E-state index contributed by atoms with van der Waals surface area (Å²) in [5.41, 5.74) is 18.7. The van der Waals surface area contributed by atoms with Gasteiger partial charge in [-0.15, -0.1) is 0 Å². The van der Waals surface area contributed by atoms with E-state index in [1.54, 1.807) is 73.4 Å². The molecule has 32 nitrogen and oxygen atoms in total. The molecule has 12 aromatic heterocycles. The lowest BCUT2D eigenvalue weighted by molar-refractivity contribution is 0.334. The molecule has 0 amide bonds. The molecule has 5 aromatic carbocycles. The Labute approximate surface area is 884 Å². The molecule has 0 unspecified atom stereocenters. The number of fused-ring (bicyclic) bond motifs is 4. The number of hydrogen-bond acceptors (Lipinski definition) is 24. The molecule has 4 saturated heterocycles. The molecule has 17 aromatic rings. The predicted octanol–water partition coefficient (Wildman–Crippen LogP) is 18.6. The normalized spacial score (nSPS) is 15.3. The van der Waals surface area contributed by atoms with Gasteiger partial charge in [-0.2, -0.15) is 65.6 Å². The summed E-state index contributed by atoms with van der Waals surface area (Å²) in [5.74, 6) is 3.05. The third-order valence-corrected chi connectivity index (χ3v) is 36.4. The molecule has 786 valence electrons. The van der Waals surface area contributed by atoms with Gasteiger partial charge in [-0.05, 0) is 312 Å². The first kappa shape index (κ1) is 106. The number of rotatable bonds is 41. The molecular weight excluding hydrogens is 1990 g/mol. The van der Waals surface area contributed by atoms with Crippen LogP contribution in [0.15, 0.2) is 249 Å². The zero-order valence-corrected chi connectivity index (χ0v) is 89.8. The van der Waals surface area contributed by atoms with Gasteiger partial charge in [-0.1, -0.05) is 197 Å².